The van der Waals surface area contributed by atoms with Gasteiger partial charge in [0.1, 0.15) is 6.61 Å². The maximum atomic E-state index is 8.75. The summed E-state index contributed by atoms with van der Waals surface area (Å²) in [5, 5.41) is 9.46. The van der Waals surface area contributed by atoms with Gasteiger partial charge in [0.05, 0.1) is 13.2 Å². The molecule has 0 spiro atoms. The average Bonchev–Trinajstić information content (AvgIpc) is 2.46. The molecular formula is C17H15ClO2. The molecule has 1 N–H and O–H groups in total. The van der Waals surface area contributed by atoms with E-state index >= 15 is 0 Å². The molecule has 0 heterocycles. The van der Waals surface area contributed by atoms with Gasteiger partial charge in [-0.3, -0.25) is 0 Å². The topological polar surface area (TPSA) is 29.5 Å². The minimum atomic E-state index is -0.141. The van der Waals surface area contributed by atoms with E-state index in [-0.39, 0.29) is 6.61 Å². The lowest BCUT2D eigenvalue weighted by Crippen LogP contribution is -1.96. The molecule has 0 aliphatic rings. The zero-order valence-corrected chi connectivity index (χ0v) is 11.7. The third-order valence-corrected chi connectivity index (χ3v) is 2.97. The highest BCUT2D eigenvalue weighted by Gasteiger charge is 2.00. The molecule has 0 aliphatic carbocycles. The highest BCUT2D eigenvalue weighted by molar-refractivity contribution is 6.30. The predicted molar refractivity (Wildman–Crippen MR) is 80.4 cm³/mol. The molecule has 0 unspecified atom stereocenters. The fourth-order valence-corrected chi connectivity index (χ4v) is 2.02. The Bertz CT molecular complexity index is 626. The third kappa shape index (κ3) is 4.40. The van der Waals surface area contributed by atoms with Gasteiger partial charge in [-0.05, 0) is 29.3 Å². The van der Waals surface area contributed by atoms with Crippen molar-refractivity contribution in [1.29, 1.82) is 0 Å². The highest BCUT2D eigenvalue weighted by atomic mass is 35.5. The van der Waals surface area contributed by atoms with Crippen LogP contribution in [0.5, 0.6) is 0 Å². The second kappa shape index (κ2) is 7.72. The van der Waals surface area contributed by atoms with Crippen molar-refractivity contribution in [1.82, 2.24) is 0 Å². The number of aliphatic hydroxyl groups excluding tert-OH is 1. The monoisotopic (exact) mass is 286 g/mol. The largest absolute Gasteiger partial charge is 0.384 e. The second-order valence-electron chi connectivity index (χ2n) is 4.24. The molecule has 0 saturated heterocycles. The van der Waals surface area contributed by atoms with Crippen LogP contribution in [0.4, 0.5) is 0 Å². The van der Waals surface area contributed by atoms with E-state index in [1.807, 2.05) is 48.5 Å². The molecule has 20 heavy (non-hydrogen) atoms. The third-order valence-electron chi connectivity index (χ3n) is 2.73. The fourth-order valence-electron chi connectivity index (χ4n) is 1.81. The predicted octanol–water partition coefficient (Wildman–Crippen LogP) is 3.40. The molecule has 2 nitrogen and oxygen atoms in total. The molecule has 2 aromatic carbocycles. The molecule has 0 aromatic heterocycles. The maximum absolute atomic E-state index is 8.75. The van der Waals surface area contributed by atoms with Gasteiger partial charge in [-0.15, -0.1) is 0 Å². The van der Waals surface area contributed by atoms with E-state index < -0.39 is 0 Å². The number of hydrogen-bond acceptors (Lipinski definition) is 2. The zero-order chi connectivity index (χ0) is 14.2. The minimum absolute atomic E-state index is 0.141. The van der Waals surface area contributed by atoms with Gasteiger partial charge >= 0.3 is 0 Å². The van der Waals surface area contributed by atoms with E-state index in [9.17, 15) is 0 Å². The number of aliphatic hydroxyl groups is 1. The van der Waals surface area contributed by atoms with Crippen LogP contribution in [-0.2, 0) is 18.0 Å². The van der Waals surface area contributed by atoms with E-state index in [4.69, 9.17) is 21.4 Å². The Morgan fingerprint density at radius 3 is 2.70 bits per heavy atom. The first-order chi connectivity index (χ1) is 9.79. The number of halogens is 1. The SMILES string of the molecule is OCC#Cc1ccccc1COCc1cccc(Cl)c1. The zero-order valence-electron chi connectivity index (χ0n) is 11.0. The van der Waals surface area contributed by atoms with E-state index in [0.29, 0.717) is 18.2 Å². The van der Waals surface area contributed by atoms with Crippen LogP contribution in [0, 0.1) is 11.8 Å². The lowest BCUT2D eigenvalue weighted by atomic mass is 10.1. The smallest absolute Gasteiger partial charge is 0.104 e. The van der Waals surface area contributed by atoms with Gasteiger partial charge in [0.25, 0.3) is 0 Å². The van der Waals surface area contributed by atoms with Crippen molar-refractivity contribution in [2.24, 2.45) is 0 Å². The minimum Gasteiger partial charge on any atom is -0.384 e. The van der Waals surface area contributed by atoms with Crippen LogP contribution in [0.2, 0.25) is 5.02 Å². The van der Waals surface area contributed by atoms with Crippen LogP contribution in [0.3, 0.4) is 0 Å². The van der Waals surface area contributed by atoms with E-state index in [1.54, 1.807) is 0 Å². The summed E-state index contributed by atoms with van der Waals surface area (Å²) in [6.45, 7) is 0.836. The summed E-state index contributed by atoms with van der Waals surface area (Å²) >= 11 is 5.93. The number of rotatable bonds is 4. The van der Waals surface area contributed by atoms with Gasteiger partial charge in [0.2, 0.25) is 0 Å². The van der Waals surface area contributed by atoms with Crippen molar-refractivity contribution in [2.75, 3.05) is 6.61 Å². The van der Waals surface area contributed by atoms with Gasteiger partial charge < -0.3 is 9.84 Å². The summed E-state index contributed by atoms with van der Waals surface area (Å²) < 4.78 is 5.69. The second-order valence-corrected chi connectivity index (χ2v) is 4.68. The summed E-state index contributed by atoms with van der Waals surface area (Å²) in [6.07, 6.45) is 0. The maximum Gasteiger partial charge on any atom is 0.104 e. The summed E-state index contributed by atoms with van der Waals surface area (Å²) in [5.41, 5.74) is 2.93. The first-order valence-electron chi connectivity index (χ1n) is 6.29. The Balaban J connectivity index is 1.97. The van der Waals surface area contributed by atoms with Gasteiger partial charge in [0, 0.05) is 10.6 Å². The molecular weight excluding hydrogens is 272 g/mol. The van der Waals surface area contributed by atoms with Crippen molar-refractivity contribution in [2.45, 2.75) is 13.2 Å². The van der Waals surface area contributed by atoms with Crippen LogP contribution in [0.25, 0.3) is 0 Å². The highest BCUT2D eigenvalue weighted by Crippen LogP contribution is 2.13. The van der Waals surface area contributed by atoms with Crippen LogP contribution in [-0.4, -0.2) is 11.7 Å². The van der Waals surface area contributed by atoms with Crippen molar-refractivity contribution in [3.05, 3.63) is 70.2 Å². The van der Waals surface area contributed by atoms with Gasteiger partial charge in [0.15, 0.2) is 0 Å². The first kappa shape index (κ1) is 14.6. The summed E-state index contributed by atoms with van der Waals surface area (Å²) in [5.74, 6) is 5.57. The molecule has 0 radical (unpaired) electrons. The Morgan fingerprint density at radius 1 is 1.05 bits per heavy atom. The first-order valence-corrected chi connectivity index (χ1v) is 6.67. The Kier molecular flexibility index (Phi) is 5.64. The molecule has 2 rings (SSSR count). The fraction of sp³-hybridized carbons (Fsp3) is 0.176. The Labute approximate surface area is 124 Å². The molecule has 102 valence electrons. The van der Waals surface area contributed by atoms with Crippen molar-refractivity contribution in [3.63, 3.8) is 0 Å². The van der Waals surface area contributed by atoms with Gasteiger partial charge in [-0.2, -0.15) is 0 Å². The number of hydrogen-bond donors (Lipinski definition) is 1. The molecule has 0 bridgehead atoms. The molecule has 0 aliphatic heterocycles. The molecule has 0 amide bonds. The summed E-state index contributed by atoms with van der Waals surface area (Å²) in [4.78, 5) is 0. The lowest BCUT2D eigenvalue weighted by molar-refractivity contribution is 0.107. The standard InChI is InChI=1S/C17H15ClO2/c18-17-9-3-5-14(11-17)12-20-13-16-7-2-1-6-15(16)8-4-10-19/h1-3,5-7,9,11,19H,10,12-13H2. The van der Waals surface area contributed by atoms with Gasteiger partial charge in [-0.1, -0.05) is 53.8 Å². The van der Waals surface area contributed by atoms with E-state index in [0.717, 1.165) is 16.7 Å². The van der Waals surface area contributed by atoms with Crippen molar-refractivity contribution in [3.8, 4) is 11.8 Å². The van der Waals surface area contributed by atoms with Crippen molar-refractivity contribution >= 4 is 11.6 Å². The average molecular weight is 287 g/mol. The summed E-state index contributed by atoms with van der Waals surface area (Å²) in [7, 11) is 0. The molecule has 0 saturated carbocycles. The molecule has 2 aromatic rings. The van der Waals surface area contributed by atoms with Crippen molar-refractivity contribution < 1.29 is 9.84 Å². The quantitative estimate of drug-likeness (QED) is 0.873. The summed E-state index contributed by atoms with van der Waals surface area (Å²) in [6, 6.07) is 15.4. The van der Waals surface area contributed by atoms with Crippen LogP contribution >= 0.6 is 11.6 Å². The van der Waals surface area contributed by atoms with E-state index in [2.05, 4.69) is 11.8 Å². The van der Waals surface area contributed by atoms with E-state index in [1.165, 1.54) is 0 Å². The molecule has 0 atom stereocenters. The van der Waals surface area contributed by atoms with Crippen LogP contribution in [0.1, 0.15) is 16.7 Å². The van der Waals surface area contributed by atoms with Crippen LogP contribution < -0.4 is 0 Å². The number of benzene rings is 2. The molecule has 0 fully saturated rings. The molecule has 3 heteroatoms. The normalized spacial score (nSPS) is 9.90. The Hall–Kier alpha value is -1.79. The lowest BCUT2D eigenvalue weighted by Gasteiger charge is -2.07. The van der Waals surface area contributed by atoms with Gasteiger partial charge in [-0.25, -0.2) is 0 Å². The Morgan fingerprint density at radius 2 is 1.90 bits per heavy atom. The van der Waals surface area contributed by atoms with Crippen LogP contribution in [0.15, 0.2) is 48.5 Å². The number of ether oxygens (including phenoxy) is 1.